The molecular weight excluding hydrogens is 250 g/mol. The largest absolute Gasteiger partial charge is 0.339 e. The van der Waals surface area contributed by atoms with Gasteiger partial charge in [-0.1, -0.05) is 35.8 Å². The van der Waals surface area contributed by atoms with Gasteiger partial charge >= 0.3 is 0 Å². The number of nitrogens with zero attached hydrogens (tertiary/aromatic N) is 2. The molecule has 1 atom stereocenters. The van der Waals surface area contributed by atoms with E-state index >= 15 is 0 Å². The summed E-state index contributed by atoms with van der Waals surface area (Å²) in [6.45, 7) is 2.04. The van der Waals surface area contributed by atoms with Crippen LogP contribution in [0.4, 0.5) is 0 Å². The van der Waals surface area contributed by atoms with Crippen molar-refractivity contribution in [1.29, 1.82) is 0 Å². The van der Waals surface area contributed by atoms with Crippen molar-refractivity contribution < 1.29 is 4.52 Å². The molecule has 0 bridgehead atoms. The Labute approximate surface area is 111 Å². The van der Waals surface area contributed by atoms with Gasteiger partial charge in [0.1, 0.15) is 0 Å². The molecule has 0 aliphatic carbocycles. The number of nitrogens with two attached hydrogens (primary N) is 1. The number of aromatic nitrogens is 2. The lowest BCUT2D eigenvalue weighted by molar-refractivity contribution is 0.363. The fraction of sp³-hybridized carbons (Fsp3) is 0.385. The Morgan fingerprint density at radius 3 is 2.72 bits per heavy atom. The predicted octanol–water partition coefficient (Wildman–Crippen LogP) is 2.59. The summed E-state index contributed by atoms with van der Waals surface area (Å²) in [5.41, 5.74) is 6.94. The summed E-state index contributed by atoms with van der Waals surface area (Å²) in [6, 6.07) is 7.69. The molecule has 18 heavy (non-hydrogen) atoms. The van der Waals surface area contributed by atoms with Crippen LogP contribution in [0.1, 0.15) is 30.6 Å². The molecule has 0 saturated heterocycles. The average Bonchev–Trinajstić information content (AvgIpc) is 2.79. The van der Waals surface area contributed by atoms with Crippen LogP contribution < -0.4 is 5.73 Å². The van der Waals surface area contributed by atoms with Crippen molar-refractivity contribution in [3.8, 4) is 0 Å². The summed E-state index contributed by atoms with van der Waals surface area (Å²) < 4.78 is 5.17. The molecule has 0 radical (unpaired) electrons. The summed E-state index contributed by atoms with van der Waals surface area (Å²) in [7, 11) is 0. The highest BCUT2D eigenvalue weighted by Gasteiger charge is 2.10. The first-order valence-electron chi connectivity index (χ1n) is 5.99. The van der Waals surface area contributed by atoms with Crippen LogP contribution in [0, 0.1) is 0 Å². The minimum Gasteiger partial charge on any atom is -0.339 e. The monoisotopic (exact) mass is 265 g/mol. The molecule has 2 aromatic rings. The van der Waals surface area contributed by atoms with E-state index in [2.05, 4.69) is 10.1 Å². The van der Waals surface area contributed by atoms with Crippen LogP contribution in [0.25, 0.3) is 0 Å². The number of halogens is 1. The van der Waals surface area contributed by atoms with Crippen LogP contribution in [-0.2, 0) is 12.8 Å². The van der Waals surface area contributed by atoms with Gasteiger partial charge in [0.05, 0.1) is 0 Å². The Kier molecular flexibility index (Phi) is 4.33. The SMILES string of the molecule is CCC(N)Cc1nc(Cc2ccc(Cl)cc2)no1. The maximum Gasteiger partial charge on any atom is 0.228 e. The van der Waals surface area contributed by atoms with E-state index in [0.29, 0.717) is 24.6 Å². The highest BCUT2D eigenvalue weighted by molar-refractivity contribution is 6.30. The third-order valence-corrected chi connectivity index (χ3v) is 3.00. The van der Waals surface area contributed by atoms with E-state index in [1.165, 1.54) is 0 Å². The van der Waals surface area contributed by atoms with E-state index in [9.17, 15) is 0 Å². The molecule has 0 spiro atoms. The maximum atomic E-state index is 5.84. The van der Waals surface area contributed by atoms with Crippen LogP contribution in [0.3, 0.4) is 0 Å². The molecule has 0 aliphatic heterocycles. The fourth-order valence-electron chi connectivity index (χ4n) is 1.60. The second-order valence-corrected chi connectivity index (χ2v) is 4.72. The Morgan fingerprint density at radius 2 is 2.06 bits per heavy atom. The molecule has 0 aliphatic rings. The molecule has 96 valence electrons. The highest BCUT2D eigenvalue weighted by atomic mass is 35.5. The summed E-state index contributed by atoms with van der Waals surface area (Å²) >= 11 is 5.83. The van der Waals surface area contributed by atoms with Gasteiger partial charge < -0.3 is 10.3 Å². The standard InChI is InChI=1S/C13H16ClN3O/c1-2-11(15)8-13-16-12(17-18-13)7-9-3-5-10(14)6-4-9/h3-6,11H,2,7-8,15H2,1H3. The molecule has 0 saturated carbocycles. The molecule has 1 unspecified atom stereocenters. The van der Waals surface area contributed by atoms with Crippen LogP contribution in [0.15, 0.2) is 28.8 Å². The van der Waals surface area contributed by atoms with Gasteiger partial charge in [-0.15, -0.1) is 0 Å². The second-order valence-electron chi connectivity index (χ2n) is 4.28. The van der Waals surface area contributed by atoms with E-state index in [0.717, 1.165) is 17.0 Å². The number of benzene rings is 1. The molecule has 0 amide bonds. The van der Waals surface area contributed by atoms with E-state index < -0.39 is 0 Å². The van der Waals surface area contributed by atoms with Crippen LogP contribution in [0.5, 0.6) is 0 Å². The number of hydrogen-bond donors (Lipinski definition) is 1. The molecule has 1 heterocycles. The number of hydrogen-bond acceptors (Lipinski definition) is 4. The van der Waals surface area contributed by atoms with Gasteiger partial charge in [0, 0.05) is 23.9 Å². The van der Waals surface area contributed by atoms with Crippen molar-refractivity contribution in [3.63, 3.8) is 0 Å². The molecule has 1 aromatic carbocycles. The molecule has 5 heteroatoms. The predicted molar refractivity (Wildman–Crippen MR) is 70.5 cm³/mol. The molecule has 4 nitrogen and oxygen atoms in total. The fourth-order valence-corrected chi connectivity index (χ4v) is 1.72. The zero-order chi connectivity index (χ0) is 13.0. The average molecular weight is 266 g/mol. The summed E-state index contributed by atoms with van der Waals surface area (Å²) in [5, 5.41) is 4.67. The molecule has 2 rings (SSSR count). The quantitative estimate of drug-likeness (QED) is 0.902. The van der Waals surface area contributed by atoms with Crippen molar-refractivity contribution in [3.05, 3.63) is 46.6 Å². The lowest BCUT2D eigenvalue weighted by atomic mass is 10.1. The van der Waals surface area contributed by atoms with Crippen LogP contribution in [-0.4, -0.2) is 16.2 Å². The zero-order valence-corrected chi connectivity index (χ0v) is 11.0. The van der Waals surface area contributed by atoms with Crippen molar-refractivity contribution in [2.24, 2.45) is 5.73 Å². The van der Waals surface area contributed by atoms with E-state index in [-0.39, 0.29) is 6.04 Å². The lowest BCUT2D eigenvalue weighted by Crippen LogP contribution is -2.21. The Bertz CT molecular complexity index is 495. The van der Waals surface area contributed by atoms with E-state index in [4.69, 9.17) is 21.9 Å². The third-order valence-electron chi connectivity index (χ3n) is 2.75. The van der Waals surface area contributed by atoms with Crippen molar-refractivity contribution in [2.45, 2.75) is 32.2 Å². The molecule has 2 N–H and O–H groups in total. The molecule has 1 aromatic heterocycles. The van der Waals surface area contributed by atoms with Gasteiger partial charge in [0.15, 0.2) is 5.82 Å². The van der Waals surface area contributed by atoms with Gasteiger partial charge in [0.25, 0.3) is 0 Å². The normalized spacial score (nSPS) is 12.6. The first-order valence-corrected chi connectivity index (χ1v) is 6.36. The minimum absolute atomic E-state index is 0.0776. The Hall–Kier alpha value is -1.39. The third kappa shape index (κ3) is 3.55. The molecular formula is C13H16ClN3O. The van der Waals surface area contributed by atoms with Crippen molar-refractivity contribution >= 4 is 11.6 Å². The first-order chi connectivity index (χ1) is 8.67. The van der Waals surface area contributed by atoms with Gasteiger partial charge in [-0.3, -0.25) is 0 Å². The topological polar surface area (TPSA) is 64.9 Å². The minimum atomic E-state index is 0.0776. The zero-order valence-electron chi connectivity index (χ0n) is 10.3. The van der Waals surface area contributed by atoms with Gasteiger partial charge in [0.2, 0.25) is 5.89 Å². The summed E-state index contributed by atoms with van der Waals surface area (Å²) in [4.78, 5) is 4.33. The van der Waals surface area contributed by atoms with E-state index in [1.54, 1.807) is 0 Å². The number of rotatable bonds is 5. The molecule has 0 fully saturated rings. The van der Waals surface area contributed by atoms with Gasteiger partial charge in [-0.25, -0.2) is 0 Å². The van der Waals surface area contributed by atoms with Crippen molar-refractivity contribution in [2.75, 3.05) is 0 Å². The Morgan fingerprint density at radius 1 is 1.33 bits per heavy atom. The van der Waals surface area contributed by atoms with Crippen LogP contribution in [0.2, 0.25) is 5.02 Å². The maximum absolute atomic E-state index is 5.84. The van der Waals surface area contributed by atoms with Crippen molar-refractivity contribution in [1.82, 2.24) is 10.1 Å². The summed E-state index contributed by atoms with van der Waals surface area (Å²) in [5.74, 6) is 1.28. The van der Waals surface area contributed by atoms with Crippen LogP contribution >= 0.6 is 11.6 Å². The lowest BCUT2D eigenvalue weighted by Gasteiger charge is -2.02. The van der Waals surface area contributed by atoms with Gasteiger partial charge in [-0.2, -0.15) is 4.98 Å². The second kappa shape index (κ2) is 5.98. The summed E-state index contributed by atoms with van der Waals surface area (Å²) in [6.07, 6.45) is 2.17. The van der Waals surface area contributed by atoms with Gasteiger partial charge in [-0.05, 0) is 24.1 Å². The first kappa shape index (κ1) is 13.1. The van der Waals surface area contributed by atoms with E-state index in [1.807, 2.05) is 31.2 Å². The highest BCUT2D eigenvalue weighted by Crippen LogP contribution is 2.12. The Balaban J connectivity index is 2.00. The smallest absolute Gasteiger partial charge is 0.228 e.